The van der Waals surface area contributed by atoms with Gasteiger partial charge in [-0.1, -0.05) is 104 Å². The van der Waals surface area contributed by atoms with E-state index in [0.29, 0.717) is 53.0 Å². The van der Waals surface area contributed by atoms with Crippen LogP contribution in [0, 0.1) is 11.8 Å². The lowest BCUT2D eigenvalue weighted by Gasteiger charge is -2.19. The SMILES string of the molecule is CCCCCC(C(C)=O)C(=O)OC.CCCCCc1cc(OC)ccc1Oc1cc(OC)ccc1N.CCCCCc1ccc(OC)cc1Oc1ccc(OC)cc1NC(=O)C(CCCCC)C(=O)OC.c1ccncc1. The molecule has 15 nitrogen and oxygen atoms in total. The Morgan fingerprint density at radius 1 is 0.494 bits per heavy atom. The van der Waals surface area contributed by atoms with E-state index in [0.717, 1.165) is 105 Å². The van der Waals surface area contributed by atoms with Crippen molar-refractivity contribution in [2.45, 2.75) is 137 Å². The number of carbonyl (C=O) groups excluding carboxylic acids is 4. The average Bonchev–Trinajstić information content (AvgIpc) is 3.45. The summed E-state index contributed by atoms with van der Waals surface area (Å²) >= 11 is 0. The Bertz CT molecular complexity index is 2440. The van der Waals surface area contributed by atoms with Gasteiger partial charge in [-0.25, -0.2) is 0 Å². The van der Waals surface area contributed by atoms with Crippen molar-refractivity contribution in [1.29, 1.82) is 0 Å². The van der Waals surface area contributed by atoms with Crippen molar-refractivity contribution >= 4 is 35.0 Å². The molecule has 5 rings (SSSR count). The minimum atomic E-state index is -0.896. The van der Waals surface area contributed by atoms with Gasteiger partial charge in [-0.05, 0) is 117 Å². The number of aryl methyl sites for hydroxylation is 2. The summed E-state index contributed by atoms with van der Waals surface area (Å²) in [5.41, 5.74) is 9.20. The lowest BCUT2D eigenvalue weighted by atomic mass is 9.98. The van der Waals surface area contributed by atoms with Crippen LogP contribution in [0.15, 0.2) is 103 Å². The number of benzene rings is 4. The highest BCUT2D eigenvalue weighted by Gasteiger charge is 2.28. The summed E-state index contributed by atoms with van der Waals surface area (Å²) in [6, 6.07) is 27.9. The largest absolute Gasteiger partial charge is 0.497 e. The summed E-state index contributed by atoms with van der Waals surface area (Å²) in [6.45, 7) is 9.96. The minimum Gasteiger partial charge on any atom is -0.497 e. The van der Waals surface area contributed by atoms with Crippen molar-refractivity contribution in [2.75, 3.05) is 53.7 Å². The van der Waals surface area contributed by atoms with Crippen molar-refractivity contribution in [3.8, 4) is 46.0 Å². The molecule has 1 heterocycles. The van der Waals surface area contributed by atoms with Gasteiger partial charge in [0.2, 0.25) is 5.91 Å². The number of carbonyl (C=O) groups is 4. The number of nitrogen functional groups attached to an aromatic ring is 1. The van der Waals surface area contributed by atoms with Crippen LogP contribution >= 0.6 is 0 Å². The highest BCUT2D eigenvalue weighted by Crippen LogP contribution is 2.38. The van der Waals surface area contributed by atoms with E-state index in [9.17, 15) is 19.2 Å². The summed E-state index contributed by atoms with van der Waals surface area (Å²) in [6.07, 6.45) is 18.9. The topological polar surface area (TPSA) is 193 Å². The Morgan fingerprint density at radius 3 is 1.45 bits per heavy atom. The number of anilines is 2. The van der Waals surface area contributed by atoms with E-state index in [2.05, 4.69) is 42.7 Å². The van der Waals surface area contributed by atoms with Crippen LogP contribution in [0.5, 0.6) is 46.0 Å². The highest BCUT2D eigenvalue weighted by atomic mass is 16.5. The molecule has 0 saturated heterocycles. The molecule has 0 radical (unpaired) electrons. The fourth-order valence-electron chi connectivity index (χ4n) is 7.72. The number of methoxy groups -OCH3 is 6. The van der Waals surface area contributed by atoms with Crippen molar-refractivity contribution < 1.29 is 57.1 Å². The van der Waals surface area contributed by atoms with Gasteiger partial charge in [0.05, 0.1) is 54.0 Å². The van der Waals surface area contributed by atoms with Gasteiger partial charge >= 0.3 is 11.9 Å². The number of rotatable bonds is 29. The third-order valence-corrected chi connectivity index (χ3v) is 12.3. The minimum absolute atomic E-state index is 0.0945. The molecule has 15 heteroatoms. The molecule has 0 fully saturated rings. The number of ether oxygens (including phenoxy) is 8. The predicted molar refractivity (Wildman–Crippen MR) is 306 cm³/mol. The molecule has 1 aromatic heterocycles. The molecular formula is C62H87N3O12. The van der Waals surface area contributed by atoms with Crippen LogP contribution < -0.4 is 39.5 Å². The fraction of sp³-hybridized carbons (Fsp3) is 0.468. The second-order valence-corrected chi connectivity index (χ2v) is 18.1. The van der Waals surface area contributed by atoms with E-state index >= 15 is 0 Å². The molecule has 2 unspecified atom stereocenters. The number of ketones is 1. The van der Waals surface area contributed by atoms with Crippen LogP contribution in [0.3, 0.4) is 0 Å². The summed E-state index contributed by atoms with van der Waals surface area (Å²) in [5, 5.41) is 2.87. The van der Waals surface area contributed by atoms with Gasteiger partial charge in [0, 0.05) is 30.6 Å². The van der Waals surface area contributed by atoms with Crippen LogP contribution in [0.1, 0.15) is 136 Å². The molecule has 77 heavy (non-hydrogen) atoms. The van der Waals surface area contributed by atoms with Crippen molar-refractivity contribution in [3.63, 3.8) is 0 Å². The summed E-state index contributed by atoms with van der Waals surface area (Å²) < 4.78 is 43.1. The van der Waals surface area contributed by atoms with Crippen LogP contribution in [-0.2, 0) is 41.5 Å². The Balaban J connectivity index is 0.000000409. The lowest BCUT2D eigenvalue weighted by molar-refractivity contribution is -0.150. The zero-order valence-corrected chi connectivity index (χ0v) is 47.7. The molecule has 1 amide bonds. The molecule has 0 aliphatic rings. The number of unbranched alkanes of at least 4 members (excludes halogenated alkanes) is 8. The number of hydrogen-bond acceptors (Lipinski definition) is 14. The van der Waals surface area contributed by atoms with Gasteiger partial charge < -0.3 is 48.9 Å². The zero-order valence-electron chi connectivity index (χ0n) is 47.7. The molecule has 422 valence electrons. The molecule has 3 N–H and O–H groups in total. The number of nitrogens with two attached hydrogens (primary N) is 1. The summed E-state index contributed by atoms with van der Waals surface area (Å²) in [5.74, 6) is 2.40. The molecule has 0 spiro atoms. The van der Waals surface area contributed by atoms with Gasteiger partial charge in [-0.2, -0.15) is 0 Å². The summed E-state index contributed by atoms with van der Waals surface area (Å²) in [7, 11) is 9.08. The van der Waals surface area contributed by atoms with Crippen molar-refractivity contribution in [2.24, 2.45) is 11.8 Å². The highest BCUT2D eigenvalue weighted by molar-refractivity contribution is 6.05. The first-order valence-electron chi connectivity index (χ1n) is 26.9. The second kappa shape index (κ2) is 39.1. The van der Waals surface area contributed by atoms with E-state index in [4.69, 9.17) is 38.9 Å². The number of Topliss-reactive ketones (excluding diaryl/α,β-unsaturated/α-hetero) is 1. The molecule has 0 aliphatic carbocycles. The maximum absolute atomic E-state index is 13.1. The van der Waals surface area contributed by atoms with Gasteiger partial charge in [-0.15, -0.1) is 0 Å². The first kappa shape index (κ1) is 65.8. The van der Waals surface area contributed by atoms with E-state index in [1.54, 1.807) is 71.2 Å². The maximum atomic E-state index is 13.1. The van der Waals surface area contributed by atoms with E-state index in [1.165, 1.54) is 34.0 Å². The molecular weight excluding hydrogens is 979 g/mol. The third-order valence-electron chi connectivity index (χ3n) is 12.3. The first-order chi connectivity index (χ1) is 37.3. The first-order valence-corrected chi connectivity index (χ1v) is 26.9. The fourth-order valence-corrected chi connectivity index (χ4v) is 7.72. The quantitative estimate of drug-likeness (QED) is 0.0199. The normalized spacial score (nSPS) is 11.0. The number of aromatic nitrogens is 1. The number of hydrogen-bond donors (Lipinski definition) is 2. The average molecular weight is 1070 g/mol. The molecule has 2 atom stereocenters. The molecule has 4 aromatic carbocycles. The van der Waals surface area contributed by atoms with Gasteiger partial charge in [0.15, 0.2) is 11.5 Å². The second-order valence-electron chi connectivity index (χ2n) is 18.1. The van der Waals surface area contributed by atoms with Crippen molar-refractivity contribution in [1.82, 2.24) is 4.98 Å². The van der Waals surface area contributed by atoms with Gasteiger partial charge in [0.25, 0.3) is 0 Å². The number of esters is 2. The Hall–Kier alpha value is -7.29. The molecule has 0 bridgehead atoms. The number of nitrogens with one attached hydrogen (secondary N) is 1. The van der Waals surface area contributed by atoms with Crippen LogP contribution in [0.2, 0.25) is 0 Å². The number of nitrogens with zero attached hydrogens (tertiary/aromatic N) is 1. The predicted octanol–water partition coefficient (Wildman–Crippen LogP) is 14.4. The van der Waals surface area contributed by atoms with Crippen LogP contribution in [0.4, 0.5) is 11.4 Å². The zero-order chi connectivity index (χ0) is 56.8. The smallest absolute Gasteiger partial charge is 0.318 e. The van der Waals surface area contributed by atoms with Crippen LogP contribution in [0.25, 0.3) is 0 Å². The van der Waals surface area contributed by atoms with Gasteiger partial charge in [0.1, 0.15) is 52.1 Å². The van der Waals surface area contributed by atoms with Crippen LogP contribution in [-0.4, -0.2) is 71.3 Å². The van der Waals surface area contributed by atoms with E-state index < -0.39 is 29.7 Å². The van der Waals surface area contributed by atoms with E-state index in [1.807, 2.05) is 60.7 Å². The Morgan fingerprint density at radius 2 is 0.948 bits per heavy atom. The standard InChI is InChI=1S/C28H39NO6.C19H25NO3.C10H18O3.C5H5N/c1-6-8-10-12-20-14-15-22(33-4)19-26(20)35-25-17-16-21(32-3)18-24(25)29-27(30)23(28(31)34-5)13-11-9-7-2;1-4-5-6-7-14-12-15(21-2)9-11-18(14)23-19-13-16(22-3)8-10-17(19)20;1-4-5-6-7-9(8(2)11)10(12)13-3;1-2-4-6-5-3-1/h14-19,23H,6-13H2,1-5H3,(H,29,30);8-13H,4-7,20H2,1-3H3;9H,4-7H2,1-3H3;1-5H. The Kier molecular flexibility index (Phi) is 33.5. The third kappa shape index (κ3) is 24.9. The number of amides is 1. The lowest BCUT2D eigenvalue weighted by Crippen LogP contribution is -2.30. The monoisotopic (exact) mass is 1070 g/mol. The van der Waals surface area contributed by atoms with E-state index in [-0.39, 0.29) is 5.78 Å². The summed E-state index contributed by atoms with van der Waals surface area (Å²) in [4.78, 5) is 51.4. The van der Waals surface area contributed by atoms with Gasteiger partial charge in [-0.3, -0.25) is 24.2 Å². The van der Waals surface area contributed by atoms with Crippen molar-refractivity contribution in [3.05, 3.63) is 115 Å². The molecule has 0 aliphatic heterocycles. The maximum Gasteiger partial charge on any atom is 0.318 e. The Labute approximate surface area is 458 Å². The molecule has 0 saturated carbocycles. The molecule has 5 aromatic rings. The number of pyridine rings is 1.